The van der Waals surface area contributed by atoms with E-state index in [1.54, 1.807) is 0 Å². The van der Waals surface area contributed by atoms with Gasteiger partial charge in [-0.05, 0) is 18.4 Å². The van der Waals surface area contributed by atoms with Gasteiger partial charge in [0.1, 0.15) is 0 Å². The zero-order chi connectivity index (χ0) is 12.6. The lowest BCUT2D eigenvalue weighted by Crippen LogP contribution is -2.18. The van der Waals surface area contributed by atoms with E-state index >= 15 is 0 Å². The summed E-state index contributed by atoms with van der Waals surface area (Å²) in [6.45, 7) is 6.08. The van der Waals surface area contributed by atoms with Gasteiger partial charge in [-0.25, -0.2) is 0 Å². The lowest BCUT2D eigenvalue weighted by Gasteiger charge is -2.21. The molecule has 1 aliphatic heterocycles. The summed E-state index contributed by atoms with van der Waals surface area (Å²) >= 11 is 0. The van der Waals surface area contributed by atoms with E-state index < -0.39 is 0 Å². The predicted molar refractivity (Wildman–Crippen MR) is 73.4 cm³/mol. The summed E-state index contributed by atoms with van der Waals surface area (Å²) in [5.41, 5.74) is 2.48. The largest absolute Gasteiger partial charge is 0.373 e. The van der Waals surface area contributed by atoms with Gasteiger partial charge in [0.25, 0.3) is 0 Å². The summed E-state index contributed by atoms with van der Waals surface area (Å²) in [7, 11) is 0. The molecule has 1 heterocycles. The summed E-state index contributed by atoms with van der Waals surface area (Å²) in [6.07, 6.45) is 6.23. The number of hydrogen-bond acceptors (Lipinski definition) is 2. The van der Waals surface area contributed by atoms with Gasteiger partial charge in [-0.1, -0.05) is 54.6 Å². The van der Waals surface area contributed by atoms with E-state index in [4.69, 9.17) is 9.47 Å². The Morgan fingerprint density at radius 1 is 1.33 bits per heavy atom. The smallest absolute Gasteiger partial charge is 0.0793 e. The van der Waals surface area contributed by atoms with Crippen molar-refractivity contribution >= 4 is 0 Å². The van der Waals surface area contributed by atoms with Gasteiger partial charge in [0.2, 0.25) is 0 Å². The van der Waals surface area contributed by atoms with Crippen molar-refractivity contribution in [3.05, 3.63) is 60.2 Å². The fourth-order valence-corrected chi connectivity index (χ4v) is 1.95. The fraction of sp³-hybridized carbons (Fsp3) is 0.375. The van der Waals surface area contributed by atoms with E-state index in [2.05, 4.69) is 24.8 Å². The van der Waals surface area contributed by atoms with Crippen LogP contribution in [0.3, 0.4) is 0 Å². The highest BCUT2D eigenvalue weighted by atomic mass is 16.5. The van der Waals surface area contributed by atoms with Crippen LogP contribution < -0.4 is 0 Å². The molecule has 1 aliphatic rings. The van der Waals surface area contributed by atoms with E-state index in [-0.39, 0.29) is 6.10 Å². The fourth-order valence-electron chi connectivity index (χ4n) is 1.95. The molecule has 0 aromatic heterocycles. The minimum atomic E-state index is 0.187. The molecule has 1 aromatic rings. The van der Waals surface area contributed by atoms with E-state index in [0.717, 1.165) is 19.4 Å². The highest BCUT2D eigenvalue weighted by Gasteiger charge is 2.12. The van der Waals surface area contributed by atoms with Crippen LogP contribution in [-0.4, -0.2) is 19.3 Å². The number of hydrogen-bond donors (Lipinski definition) is 0. The van der Waals surface area contributed by atoms with Gasteiger partial charge < -0.3 is 9.47 Å². The molecule has 0 N–H and O–H groups in total. The SMILES string of the molecule is C=C1CCO[C@H](/C=C/COCc2ccccc2)C1. The van der Waals surface area contributed by atoms with Gasteiger partial charge in [-0.15, -0.1) is 0 Å². The van der Waals surface area contributed by atoms with Crippen LogP contribution in [0.1, 0.15) is 18.4 Å². The van der Waals surface area contributed by atoms with Crippen LogP contribution in [0.2, 0.25) is 0 Å². The Balaban J connectivity index is 1.64. The predicted octanol–water partition coefficient (Wildman–Crippen LogP) is 3.49. The maximum atomic E-state index is 5.61. The average molecular weight is 244 g/mol. The molecule has 1 atom stereocenters. The normalized spacial score (nSPS) is 20.4. The van der Waals surface area contributed by atoms with Gasteiger partial charge in [-0.2, -0.15) is 0 Å². The molecule has 18 heavy (non-hydrogen) atoms. The first-order valence-electron chi connectivity index (χ1n) is 6.41. The second-order valence-electron chi connectivity index (χ2n) is 4.54. The van der Waals surface area contributed by atoms with Crippen LogP contribution in [0, 0.1) is 0 Å². The lowest BCUT2D eigenvalue weighted by molar-refractivity contribution is 0.0666. The standard InChI is InChI=1S/C16H20O2/c1-14-9-11-18-16(12-14)8-5-10-17-13-15-6-3-2-4-7-15/h2-8,16H,1,9-13H2/b8-5+/t16-/m1/s1. The molecule has 0 bridgehead atoms. The Labute approximate surface area is 109 Å². The van der Waals surface area contributed by atoms with E-state index in [0.29, 0.717) is 13.2 Å². The monoisotopic (exact) mass is 244 g/mol. The Morgan fingerprint density at radius 2 is 2.17 bits per heavy atom. The van der Waals surface area contributed by atoms with Crippen LogP contribution in [-0.2, 0) is 16.1 Å². The maximum Gasteiger partial charge on any atom is 0.0793 e. The topological polar surface area (TPSA) is 18.5 Å². The molecule has 2 heteroatoms. The summed E-state index contributed by atoms with van der Waals surface area (Å²) in [4.78, 5) is 0. The molecule has 2 rings (SSSR count). The number of rotatable bonds is 5. The molecular formula is C16H20O2. The molecule has 0 unspecified atom stereocenters. The summed E-state index contributed by atoms with van der Waals surface area (Å²) in [5.74, 6) is 0. The van der Waals surface area contributed by atoms with Gasteiger partial charge in [-0.3, -0.25) is 0 Å². The molecule has 1 saturated heterocycles. The van der Waals surface area contributed by atoms with Crippen molar-refractivity contribution in [2.45, 2.75) is 25.6 Å². The zero-order valence-electron chi connectivity index (χ0n) is 10.7. The van der Waals surface area contributed by atoms with E-state index in [1.807, 2.05) is 24.3 Å². The third kappa shape index (κ3) is 4.47. The summed E-state index contributed by atoms with van der Waals surface area (Å²) < 4.78 is 11.2. The maximum absolute atomic E-state index is 5.61. The third-order valence-electron chi connectivity index (χ3n) is 2.95. The first kappa shape index (κ1) is 13.1. The van der Waals surface area contributed by atoms with Gasteiger partial charge in [0.15, 0.2) is 0 Å². The van der Waals surface area contributed by atoms with Crippen LogP contribution in [0.25, 0.3) is 0 Å². The van der Waals surface area contributed by atoms with E-state index in [1.165, 1.54) is 11.1 Å². The summed E-state index contributed by atoms with van der Waals surface area (Å²) in [5, 5.41) is 0. The first-order chi connectivity index (χ1) is 8.84. The highest BCUT2D eigenvalue weighted by molar-refractivity contribution is 5.13. The van der Waals surface area contributed by atoms with Crippen molar-refractivity contribution in [3.8, 4) is 0 Å². The van der Waals surface area contributed by atoms with Crippen molar-refractivity contribution in [2.24, 2.45) is 0 Å². The summed E-state index contributed by atoms with van der Waals surface area (Å²) in [6, 6.07) is 10.2. The molecule has 1 aromatic carbocycles. The quantitative estimate of drug-likeness (QED) is 0.583. The van der Waals surface area contributed by atoms with Crippen molar-refractivity contribution in [1.29, 1.82) is 0 Å². The molecule has 0 saturated carbocycles. The Bertz CT molecular complexity index is 395. The molecule has 0 amide bonds. The van der Waals surface area contributed by atoms with Crippen LogP contribution in [0.4, 0.5) is 0 Å². The minimum absolute atomic E-state index is 0.187. The number of ether oxygens (including phenoxy) is 2. The Hall–Kier alpha value is -1.38. The molecule has 96 valence electrons. The second kappa shape index (κ2) is 7.14. The molecule has 0 spiro atoms. The minimum Gasteiger partial charge on any atom is -0.373 e. The van der Waals surface area contributed by atoms with Crippen LogP contribution in [0.15, 0.2) is 54.6 Å². The average Bonchev–Trinajstić information content (AvgIpc) is 2.40. The molecule has 0 radical (unpaired) electrons. The molecule has 0 aliphatic carbocycles. The number of benzene rings is 1. The van der Waals surface area contributed by atoms with E-state index in [9.17, 15) is 0 Å². The van der Waals surface area contributed by atoms with Gasteiger partial charge in [0, 0.05) is 0 Å². The molecular weight excluding hydrogens is 224 g/mol. The molecule has 1 fully saturated rings. The van der Waals surface area contributed by atoms with Gasteiger partial charge >= 0.3 is 0 Å². The van der Waals surface area contributed by atoms with Crippen molar-refractivity contribution in [2.75, 3.05) is 13.2 Å². The Kier molecular flexibility index (Phi) is 5.18. The highest BCUT2D eigenvalue weighted by Crippen LogP contribution is 2.18. The second-order valence-corrected chi connectivity index (χ2v) is 4.54. The van der Waals surface area contributed by atoms with Crippen molar-refractivity contribution in [3.63, 3.8) is 0 Å². The Morgan fingerprint density at radius 3 is 2.94 bits per heavy atom. The lowest BCUT2D eigenvalue weighted by atomic mass is 10.0. The third-order valence-corrected chi connectivity index (χ3v) is 2.95. The van der Waals surface area contributed by atoms with Crippen molar-refractivity contribution in [1.82, 2.24) is 0 Å². The first-order valence-corrected chi connectivity index (χ1v) is 6.41. The van der Waals surface area contributed by atoms with Crippen LogP contribution >= 0.6 is 0 Å². The van der Waals surface area contributed by atoms with Gasteiger partial charge in [0.05, 0.1) is 25.9 Å². The zero-order valence-corrected chi connectivity index (χ0v) is 10.7. The van der Waals surface area contributed by atoms with Crippen LogP contribution in [0.5, 0.6) is 0 Å². The van der Waals surface area contributed by atoms with Crippen molar-refractivity contribution < 1.29 is 9.47 Å². The molecule has 2 nitrogen and oxygen atoms in total.